The number of aryl methyl sites for hydroxylation is 12. The number of rotatable bonds is 17. The second-order valence-corrected chi connectivity index (χ2v) is 38.5. The molecule has 0 bridgehead atoms. The summed E-state index contributed by atoms with van der Waals surface area (Å²) in [6.07, 6.45) is 15.5. The highest BCUT2D eigenvalue weighted by Crippen LogP contribution is 2.64. The molecule has 0 saturated carbocycles. The van der Waals surface area contributed by atoms with E-state index in [2.05, 4.69) is 410 Å². The number of allylic oxidation sites excluding steroid dienone is 2. The van der Waals surface area contributed by atoms with Crippen molar-refractivity contribution in [3.05, 3.63) is 497 Å². The van der Waals surface area contributed by atoms with E-state index in [-0.39, 0.29) is 16.2 Å². The van der Waals surface area contributed by atoms with Crippen molar-refractivity contribution in [1.82, 2.24) is 0 Å². The second-order valence-electron chi connectivity index (χ2n) is 38.5. The third-order valence-electron chi connectivity index (χ3n) is 30.6. The van der Waals surface area contributed by atoms with E-state index in [0.29, 0.717) is 0 Å². The fourth-order valence-corrected chi connectivity index (χ4v) is 24.1. The van der Waals surface area contributed by atoms with E-state index in [1.165, 1.54) is 270 Å². The first kappa shape index (κ1) is 78.0. The van der Waals surface area contributed by atoms with Gasteiger partial charge in [-0.15, -0.1) is 13.2 Å². The van der Waals surface area contributed by atoms with E-state index < -0.39 is 10.8 Å². The molecule has 0 saturated heterocycles. The lowest BCUT2D eigenvalue weighted by atomic mass is 9.65. The van der Waals surface area contributed by atoms with Gasteiger partial charge in [0.05, 0.1) is 16.2 Å². The molecule has 0 amide bonds. The Morgan fingerprint density at radius 3 is 0.792 bits per heavy atom. The van der Waals surface area contributed by atoms with Crippen LogP contribution in [0.2, 0.25) is 0 Å². The van der Waals surface area contributed by atoms with Crippen molar-refractivity contribution in [2.45, 2.75) is 161 Å². The van der Waals surface area contributed by atoms with Crippen LogP contribution in [-0.4, -0.2) is 0 Å². The van der Waals surface area contributed by atoms with Crippen LogP contribution in [0.1, 0.15) is 208 Å². The molecule has 0 radical (unpaired) electrons. The molecule has 0 aliphatic heterocycles. The highest BCUT2D eigenvalue weighted by molar-refractivity contribution is 5.95. The molecule has 125 heavy (non-hydrogen) atoms. The van der Waals surface area contributed by atoms with Gasteiger partial charge in [0, 0.05) is 10.8 Å². The molecule has 0 heteroatoms. The van der Waals surface area contributed by atoms with Crippen LogP contribution in [0.15, 0.2) is 341 Å². The quantitative estimate of drug-likeness (QED) is 0.0630. The minimum absolute atomic E-state index is 0.0230. The van der Waals surface area contributed by atoms with E-state index in [4.69, 9.17) is 0 Å². The Balaban J connectivity index is 0.000000154. The Bertz CT molecular complexity index is 7030. The SMILES string of the molecule is C=CCCCC1(CCCC=C)c2cc(C)ccc2-c2ccc(-c3ccc4c(c3)C(c3ccc5c(c3)CC5)(c3ccc5c(c3)CC5)c3cc(C)ccc3-4)cc21.Cc1ccc(C2(c3ccc(C)cc3)c3cc(C)ccc3-c3ccc(-c4ccc5c(c4)C(C)(C)c4cc(-c6ccc7c(c6)C(c6cccc(C)c6)(c6cccc(C)c6)c6cc(C)ccc6-7)ccc4-5)cc32)cc1. The van der Waals surface area contributed by atoms with E-state index in [0.717, 1.165) is 38.5 Å². The van der Waals surface area contributed by atoms with Gasteiger partial charge >= 0.3 is 0 Å². The average molecular weight is 1610 g/mol. The summed E-state index contributed by atoms with van der Waals surface area (Å²) in [5, 5.41) is 0. The number of hydrogen-bond donors (Lipinski definition) is 0. The van der Waals surface area contributed by atoms with Gasteiger partial charge in [0.25, 0.3) is 0 Å². The lowest BCUT2D eigenvalue weighted by molar-refractivity contribution is 0.422. The normalized spacial score (nSPS) is 15.2. The first-order valence-electron chi connectivity index (χ1n) is 45.9. The summed E-state index contributed by atoms with van der Waals surface area (Å²) >= 11 is 0. The highest BCUT2D eigenvalue weighted by atomic mass is 14.5. The van der Waals surface area contributed by atoms with Crippen LogP contribution in [-0.2, 0) is 52.8 Å². The minimum atomic E-state index is -0.466. The zero-order chi connectivity index (χ0) is 85.2. The standard InChI is InChI=1S/C71H58.C54H50/c1-43-15-25-53(26-16-43)70(54-27-17-44(2)18-28-54)65-37-47(5)19-29-59(65)61-33-23-51(41-67(61)70)49-21-31-57-58-32-22-50(40-64(58)69(7,8)63(57)39-49)52-24-34-62-60-30-20-48(6)38-66(60)71(68(62)42-52,55-13-9-11-45(3)35-55)56-14-10-12-46(4)36-56;1-5-7-9-27-53(28-10-8-6-2)49-29-35(3)11-23-45(49)46-25-19-41(33-50(46)53)42-20-26-48-47-24-12-36(4)30-51(47)54(52(48)34-42,43-21-17-37-13-15-39(37)31-43)44-22-18-38-14-16-40(38)32-44/h9-42H,1-8H3;5-6,11-12,17-26,29-34H,1-2,7-10,13-16,27-28H2,3-4H3. The van der Waals surface area contributed by atoms with Crippen LogP contribution >= 0.6 is 0 Å². The van der Waals surface area contributed by atoms with Crippen molar-refractivity contribution in [2.75, 3.05) is 0 Å². The van der Waals surface area contributed by atoms with Gasteiger partial charge in [0.15, 0.2) is 0 Å². The average Bonchev–Trinajstić information content (AvgIpc) is 1.55. The lowest BCUT2D eigenvalue weighted by Crippen LogP contribution is -2.30. The van der Waals surface area contributed by atoms with Crippen LogP contribution < -0.4 is 0 Å². The molecule has 7 aliphatic carbocycles. The number of unbranched alkanes of at least 4 members (excludes halogenated alkanes) is 2. The Hall–Kier alpha value is -13.0. The van der Waals surface area contributed by atoms with Crippen LogP contribution in [0, 0.1) is 55.4 Å². The van der Waals surface area contributed by atoms with Gasteiger partial charge in [-0.25, -0.2) is 0 Å². The van der Waals surface area contributed by atoms with Gasteiger partial charge in [-0.1, -0.05) is 350 Å². The van der Waals surface area contributed by atoms with Gasteiger partial charge in [-0.2, -0.15) is 0 Å². The van der Waals surface area contributed by atoms with Crippen molar-refractivity contribution >= 4 is 0 Å². The molecular weight excluding hydrogens is 1500 g/mol. The summed E-state index contributed by atoms with van der Waals surface area (Å²) in [4.78, 5) is 0. The van der Waals surface area contributed by atoms with Gasteiger partial charge in [0.2, 0.25) is 0 Å². The molecule has 0 aromatic heterocycles. The Kier molecular flexibility index (Phi) is 18.5. The summed E-state index contributed by atoms with van der Waals surface area (Å²) in [6, 6.07) is 124. The van der Waals surface area contributed by atoms with Crippen molar-refractivity contribution in [3.8, 4) is 89.0 Å². The first-order chi connectivity index (χ1) is 60.8. The van der Waals surface area contributed by atoms with Gasteiger partial charge in [-0.3, -0.25) is 0 Å². The maximum Gasteiger partial charge on any atom is 0.0714 e. The summed E-state index contributed by atoms with van der Waals surface area (Å²) < 4.78 is 0. The third-order valence-corrected chi connectivity index (χ3v) is 30.6. The van der Waals surface area contributed by atoms with Crippen molar-refractivity contribution in [1.29, 1.82) is 0 Å². The summed E-state index contributed by atoms with van der Waals surface area (Å²) in [5.41, 5.74) is 58.0. The lowest BCUT2D eigenvalue weighted by Gasteiger charge is -2.37. The molecule has 0 spiro atoms. The van der Waals surface area contributed by atoms with Crippen molar-refractivity contribution in [3.63, 3.8) is 0 Å². The van der Waals surface area contributed by atoms with Gasteiger partial charge in [0.1, 0.15) is 0 Å². The third kappa shape index (κ3) is 11.9. The molecular formula is C125H108. The molecule has 0 N–H and O–H groups in total. The maximum absolute atomic E-state index is 4.09. The minimum Gasteiger partial charge on any atom is -0.103 e. The second kappa shape index (κ2) is 29.6. The Labute approximate surface area is 740 Å². The Morgan fingerprint density at radius 1 is 0.224 bits per heavy atom. The number of benzene rings is 16. The monoisotopic (exact) mass is 1610 g/mol. The van der Waals surface area contributed by atoms with Crippen LogP contribution in [0.5, 0.6) is 0 Å². The van der Waals surface area contributed by atoms with Crippen LogP contribution in [0.3, 0.4) is 0 Å². The molecule has 16 aromatic carbocycles. The number of hydrogen-bond acceptors (Lipinski definition) is 0. The molecule has 0 heterocycles. The van der Waals surface area contributed by atoms with E-state index in [9.17, 15) is 0 Å². The molecule has 16 aromatic rings. The predicted octanol–water partition coefficient (Wildman–Crippen LogP) is 31.4. The highest BCUT2D eigenvalue weighted by Gasteiger charge is 2.52. The maximum atomic E-state index is 4.09. The van der Waals surface area contributed by atoms with E-state index in [1.54, 1.807) is 0 Å². The molecule has 7 aliphatic rings. The van der Waals surface area contributed by atoms with Gasteiger partial charge in [-0.05, 0) is 356 Å². The predicted molar refractivity (Wildman–Crippen MR) is 526 cm³/mol. The van der Waals surface area contributed by atoms with E-state index >= 15 is 0 Å². The summed E-state index contributed by atoms with van der Waals surface area (Å²) in [5.74, 6) is 0. The summed E-state index contributed by atoms with van der Waals surface area (Å²) in [6.45, 7) is 30.8. The van der Waals surface area contributed by atoms with E-state index in [1.807, 2.05) is 0 Å². The first-order valence-corrected chi connectivity index (χ1v) is 45.9. The fourth-order valence-electron chi connectivity index (χ4n) is 24.1. The molecule has 0 unspecified atom stereocenters. The Morgan fingerprint density at radius 2 is 0.472 bits per heavy atom. The largest absolute Gasteiger partial charge is 0.103 e. The smallest absolute Gasteiger partial charge is 0.0714 e. The molecule has 608 valence electrons. The zero-order valence-electron chi connectivity index (χ0n) is 74.2. The molecule has 0 nitrogen and oxygen atoms in total. The van der Waals surface area contributed by atoms with Gasteiger partial charge < -0.3 is 0 Å². The molecule has 0 atom stereocenters. The molecule has 0 fully saturated rings. The summed E-state index contributed by atoms with van der Waals surface area (Å²) in [7, 11) is 0. The zero-order valence-corrected chi connectivity index (χ0v) is 74.2. The molecule has 23 rings (SSSR count). The topological polar surface area (TPSA) is 0 Å². The van der Waals surface area contributed by atoms with Crippen molar-refractivity contribution in [2.24, 2.45) is 0 Å². The van der Waals surface area contributed by atoms with Crippen molar-refractivity contribution < 1.29 is 0 Å². The van der Waals surface area contributed by atoms with Crippen LogP contribution in [0.4, 0.5) is 0 Å². The van der Waals surface area contributed by atoms with Crippen LogP contribution in [0.25, 0.3) is 89.0 Å². The number of fused-ring (bicyclic) bond motifs is 17. The fraction of sp³-hybridized carbons (Fsp3) is 0.200.